The Morgan fingerprint density at radius 3 is 2.52 bits per heavy atom. The number of hydrogen-bond acceptors (Lipinski definition) is 4. The van der Waals surface area contributed by atoms with Crippen LogP contribution in [-0.4, -0.2) is 37.9 Å². The molecule has 0 saturated heterocycles. The highest BCUT2D eigenvalue weighted by molar-refractivity contribution is 7.98. The van der Waals surface area contributed by atoms with Gasteiger partial charge in [-0.25, -0.2) is 0 Å². The van der Waals surface area contributed by atoms with Gasteiger partial charge in [-0.1, -0.05) is 18.2 Å². The highest BCUT2D eigenvalue weighted by Gasteiger charge is 2.11. The van der Waals surface area contributed by atoms with Crippen molar-refractivity contribution in [3.8, 4) is 0 Å². The number of anilines is 1. The third-order valence-corrected chi connectivity index (χ3v) is 4.32. The third-order valence-electron chi connectivity index (χ3n) is 3.58. The summed E-state index contributed by atoms with van der Waals surface area (Å²) in [6.07, 6.45) is 1.29. The number of thioether (sulfide) groups is 1. The van der Waals surface area contributed by atoms with Gasteiger partial charge in [0, 0.05) is 36.8 Å². The molecule has 0 unspecified atom stereocenters. The van der Waals surface area contributed by atoms with Crippen molar-refractivity contribution in [3.05, 3.63) is 59.7 Å². The second-order valence-electron chi connectivity index (χ2n) is 5.44. The zero-order chi connectivity index (χ0) is 16.8. The number of nitrogens with zero attached hydrogens (tertiary/aromatic N) is 1. The van der Waals surface area contributed by atoms with Crippen molar-refractivity contribution in [2.24, 2.45) is 0 Å². The minimum absolute atomic E-state index is 0.184. The normalized spacial score (nSPS) is 11.8. The van der Waals surface area contributed by atoms with Crippen molar-refractivity contribution in [2.75, 3.05) is 31.8 Å². The maximum absolute atomic E-state index is 12.2. The maximum Gasteiger partial charge on any atom is 0.251 e. The van der Waals surface area contributed by atoms with Crippen molar-refractivity contribution >= 4 is 23.4 Å². The van der Waals surface area contributed by atoms with Crippen LogP contribution in [0.2, 0.25) is 0 Å². The lowest BCUT2D eigenvalue weighted by Crippen LogP contribution is -2.28. The van der Waals surface area contributed by atoms with Crippen molar-refractivity contribution in [2.45, 2.75) is 11.0 Å². The Morgan fingerprint density at radius 1 is 1.22 bits per heavy atom. The van der Waals surface area contributed by atoms with Gasteiger partial charge in [-0.05, 0) is 42.2 Å². The van der Waals surface area contributed by atoms with E-state index in [1.165, 1.54) is 0 Å². The van der Waals surface area contributed by atoms with E-state index in [0.717, 1.165) is 16.1 Å². The first-order valence-electron chi connectivity index (χ1n) is 7.39. The number of rotatable bonds is 6. The molecule has 5 heteroatoms. The zero-order valence-corrected chi connectivity index (χ0v) is 14.4. The summed E-state index contributed by atoms with van der Waals surface area (Å²) in [6, 6.07) is 15.1. The maximum atomic E-state index is 12.2. The van der Waals surface area contributed by atoms with Crippen molar-refractivity contribution in [1.82, 2.24) is 5.32 Å². The quantitative estimate of drug-likeness (QED) is 0.800. The van der Waals surface area contributed by atoms with Gasteiger partial charge in [0.1, 0.15) is 0 Å². The number of carbonyl (C=O) groups is 1. The fourth-order valence-corrected chi connectivity index (χ4v) is 2.57. The lowest BCUT2D eigenvalue weighted by Gasteiger charge is -2.15. The van der Waals surface area contributed by atoms with Gasteiger partial charge in [0.05, 0.1) is 6.10 Å². The van der Waals surface area contributed by atoms with Gasteiger partial charge < -0.3 is 15.3 Å². The lowest BCUT2D eigenvalue weighted by atomic mass is 10.1. The Morgan fingerprint density at radius 2 is 1.91 bits per heavy atom. The lowest BCUT2D eigenvalue weighted by molar-refractivity contribution is 0.0916. The molecule has 2 aromatic carbocycles. The molecule has 0 bridgehead atoms. The molecule has 0 radical (unpaired) electrons. The number of amides is 1. The minimum atomic E-state index is -0.716. The Kier molecular flexibility index (Phi) is 6.07. The van der Waals surface area contributed by atoms with Crippen LogP contribution < -0.4 is 10.2 Å². The fraction of sp³-hybridized carbons (Fsp3) is 0.278. The highest BCUT2D eigenvalue weighted by atomic mass is 32.2. The van der Waals surface area contributed by atoms with Gasteiger partial charge in [-0.15, -0.1) is 11.8 Å². The molecule has 0 heterocycles. The van der Waals surface area contributed by atoms with E-state index in [0.29, 0.717) is 5.56 Å². The van der Waals surface area contributed by atoms with Crippen LogP contribution in [0.5, 0.6) is 0 Å². The summed E-state index contributed by atoms with van der Waals surface area (Å²) in [5, 5.41) is 13.0. The summed E-state index contributed by atoms with van der Waals surface area (Å²) in [4.78, 5) is 15.3. The predicted octanol–water partition coefficient (Wildman–Crippen LogP) is 2.94. The van der Waals surface area contributed by atoms with E-state index in [-0.39, 0.29) is 12.5 Å². The Hall–Kier alpha value is -1.98. The summed E-state index contributed by atoms with van der Waals surface area (Å²) in [6.45, 7) is 0.184. The zero-order valence-electron chi connectivity index (χ0n) is 13.6. The molecular weight excluding hydrogens is 308 g/mol. The summed E-state index contributed by atoms with van der Waals surface area (Å²) in [5.41, 5.74) is 2.34. The third kappa shape index (κ3) is 4.74. The number of aliphatic hydroxyl groups excluding tert-OH is 1. The molecule has 0 aliphatic heterocycles. The molecule has 0 aliphatic rings. The Labute approximate surface area is 141 Å². The van der Waals surface area contributed by atoms with Crippen molar-refractivity contribution in [3.63, 3.8) is 0 Å². The van der Waals surface area contributed by atoms with Gasteiger partial charge in [0.2, 0.25) is 0 Å². The van der Waals surface area contributed by atoms with Gasteiger partial charge in [-0.3, -0.25) is 4.79 Å². The minimum Gasteiger partial charge on any atom is -0.387 e. The molecule has 23 heavy (non-hydrogen) atoms. The van der Waals surface area contributed by atoms with Gasteiger partial charge in [0.15, 0.2) is 0 Å². The first kappa shape index (κ1) is 17.4. The number of aliphatic hydroxyl groups is 1. The Bertz CT molecular complexity index is 656. The van der Waals surface area contributed by atoms with E-state index >= 15 is 0 Å². The average Bonchev–Trinajstić information content (AvgIpc) is 2.59. The monoisotopic (exact) mass is 330 g/mol. The second kappa shape index (κ2) is 8.04. The van der Waals surface area contributed by atoms with Crippen molar-refractivity contribution in [1.29, 1.82) is 0 Å². The fourth-order valence-electron chi connectivity index (χ4n) is 2.16. The van der Waals surface area contributed by atoms with Gasteiger partial charge >= 0.3 is 0 Å². The first-order valence-corrected chi connectivity index (χ1v) is 8.61. The van der Waals surface area contributed by atoms with Crippen LogP contribution >= 0.6 is 11.8 Å². The molecule has 2 rings (SSSR count). The van der Waals surface area contributed by atoms with Crippen LogP contribution in [-0.2, 0) is 0 Å². The molecule has 0 aromatic heterocycles. The van der Waals surface area contributed by atoms with Crippen LogP contribution in [0.25, 0.3) is 0 Å². The summed E-state index contributed by atoms with van der Waals surface area (Å²) in [7, 11) is 3.86. The number of benzene rings is 2. The predicted molar refractivity (Wildman–Crippen MR) is 96.3 cm³/mol. The molecule has 1 amide bonds. The highest BCUT2D eigenvalue weighted by Crippen LogP contribution is 2.19. The molecule has 2 N–H and O–H groups in total. The second-order valence-corrected chi connectivity index (χ2v) is 6.32. The molecule has 1 atom stereocenters. The summed E-state index contributed by atoms with van der Waals surface area (Å²) >= 11 is 1.65. The van der Waals surface area contributed by atoms with E-state index in [2.05, 4.69) is 5.32 Å². The smallest absolute Gasteiger partial charge is 0.251 e. The Balaban J connectivity index is 1.96. The van der Waals surface area contributed by atoms with E-state index in [4.69, 9.17) is 0 Å². The molecule has 0 saturated carbocycles. The largest absolute Gasteiger partial charge is 0.387 e. The van der Waals surface area contributed by atoms with Crippen LogP contribution in [0.1, 0.15) is 22.0 Å². The van der Waals surface area contributed by atoms with E-state index in [1.54, 1.807) is 17.8 Å². The van der Waals surface area contributed by atoms with Gasteiger partial charge in [0.25, 0.3) is 5.91 Å². The number of nitrogens with one attached hydrogen (secondary N) is 1. The van der Waals surface area contributed by atoms with Crippen LogP contribution in [0.15, 0.2) is 53.4 Å². The molecular formula is C18H22N2O2S. The van der Waals surface area contributed by atoms with E-state index in [9.17, 15) is 9.90 Å². The number of hydrogen-bond donors (Lipinski definition) is 2. The SMILES string of the molecule is CSc1ccc([C@H](O)CNC(=O)c2cccc(N(C)C)c2)cc1. The van der Waals surface area contributed by atoms with Crippen molar-refractivity contribution < 1.29 is 9.90 Å². The average molecular weight is 330 g/mol. The molecule has 0 spiro atoms. The number of carbonyl (C=O) groups excluding carboxylic acids is 1. The van der Waals surface area contributed by atoms with Crippen LogP contribution in [0, 0.1) is 0 Å². The van der Waals surface area contributed by atoms with Crippen LogP contribution in [0.3, 0.4) is 0 Å². The standard InChI is InChI=1S/C18H22N2O2S/c1-20(2)15-6-4-5-14(11-15)18(22)19-12-17(21)13-7-9-16(23-3)10-8-13/h4-11,17,21H,12H2,1-3H3,(H,19,22)/t17-/m1/s1. The summed E-state index contributed by atoms with van der Waals surface area (Å²) < 4.78 is 0. The van der Waals surface area contributed by atoms with Crippen LogP contribution in [0.4, 0.5) is 5.69 Å². The molecule has 2 aromatic rings. The summed E-state index contributed by atoms with van der Waals surface area (Å²) in [5.74, 6) is -0.187. The molecule has 122 valence electrons. The van der Waals surface area contributed by atoms with E-state index < -0.39 is 6.10 Å². The van der Waals surface area contributed by atoms with E-state index in [1.807, 2.05) is 67.7 Å². The topological polar surface area (TPSA) is 52.6 Å². The molecule has 4 nitrogen and oxygen atoms in total. The van der Waals surface area contributed by atoms with Gasteiger partial charge in [-0.2, -0.15) is 0 Å². The first-order chi connectivity index (χ1) is 11.0. The molecule has 0 aliphatic carbocycles. The molecule has 0 fully saturated rings.